The van der Waals surface area contributed by atoms with Gasteiger partial charge in [0.2, 0.25) is 10.0 Å². The van der Waals surface area contributed by atoms with Gasteiger partial charge < -0.3 is 0 Å². The van der Waals surface area contributed by atoms with Crippen molar-refractivity contribution in [2.45, 2.75) is 6.92 Å². The van der Waals surface area contributed by atoms with E-state index in [1.165, 1.54) is 0 Å². The minimum atomic E-state index is -3.36. The Bertz CT molecular complexity index is 450. The summed E-state index contributed by atoms with van der Waals surface area (Å²) in [5.41, 5.74) is 1.09. The van der Waals surface area contributed by atoms with Crippen molar-refractivity contribution in [2.24, 2.45) is 0 Å². The van der Waals surface area contributed by atoms with E-state index < -0.39 is 10.0 Å². The summed E-state index contributed by atoms with van der Waals surface area (Å²) in [5, 5.41) is 0. The molecule has 0 fully saturated rings. The summed E-state index contributed by atoms with van der Waals surface area (Å²) >= 11 is 8.57. The molecule has 1 heterocycles. The molecule has 0 aliphatic rings. The zero-order valence-corrected chi connectivity index (χ0v) is 11.2. The number of hydrogen-bond acceptors (Lipinski definition) is 3. The van der Waals surface area contributed by atoms with Crippen LogP contribution in [0.2, 0.25) is 0 Å². The smallest absolute Gasteiger partial charge is 0.233 e. The third kappa shape index (κ3) is 3.96. The Morgan fingerprint density at radius 2 is 2.20 bits per heavy atom. The molecular formula is C8H10BrClN2O2S. The van der Waals surface area contributed by atoms with Crippen molar-refractivity contribution in [3.8, 4) is 0 Å². The van der Waals surface area contributed by atoms with Crippen LogP contribution < -0.4 is 4.72 Å². The summed E-state index contributed by atoms with van der Waals surface area (Å²) < 4.78 is 25.9. The summed E-state index contributed by atoms with van der Waals surface area (Å²) in [4.78, 5) is 4.07. The van der Waals surface area contributed by atoms with Crippen molar-refractivity contribution < 1.29 is 8.42 Å². The second kappa shape index (κ2) is 5.14. The Morgan fingerprint density at radius 3 is 2.73 bits per heavy atom. The van der Waals surface area contributed by atoms with E-state index in [9.17, 15) is 8.42 Å². The van der Waals surface area contributed by atoms with Gasteiger partial charge in [-0.1, -0.05) is 0 Å². The van der Waals surface area contributed by atoms with Crippen molar-refractivity contribution in [3.63, 3.8) is 0 Å². The molecule has 15 heavy (non-hydrogen) atoms. The molecule has 0 saturated carbocycles. The fourth-order valence-electron chi connectivity index (χ4n) is 0.958. The number of nitrogens with one attached hydrogen (secondary N) is 1. The first-order chi connectivity index (χ1) is 6.94. The van der Waals surface area contributed by atoms with Gasteiger partial charge in [0.25, 0.3) is 0 Å². The molecule has 0 bridgehead atoms. The highest BCUT2D eigenvalue weighted by molar-refractivity contribution is 9.10. The van der Waals surface area contributed by atoms with E-state index in [0.29, 0.717) is 16.0 Å². The van der Waals surface area contributed by atoms with Crippen LogP contribution in [0.5, 0.6) is 0 Å². The Labute approximate surface area is 102 Å². The van der Waals surface area contributed by atoms with Crippen LogP contribution >= 0.6 is 27.5 Å². The summed E-state index contributed by atoms with van der Waals surface area (Å²) in [6.45, 7) is 1.73. The molecule has 1 aromatic rings. The van der Waals surface area contributed by atoms with Crippen molar-refractivity contribution in [3.05, 3.63) is 22.4 Å². The quantitative estimate of drug-likeness (QED) is 0.684. The molecule has 84 valence electrons. The maximum absolute atomic E-state index is 11.4. The van der Waals surface area contributed by atoms with Crippen LogP contribution in [0.4, 0.5) is 5.69 Å². The minimum Gasteiger partial charge on any atom is -0.282 e. The lowest BCUT2D eigenvalue weighted by atomic mass is 10.3. The van der Waals surface area contributed by atoms with Crippen molar-refractivity contribution in [2.75, 3.05) is 16.4 Å². The van der Waals surface area contributed by atoms with Crippen LogP contribution in [0.15, 0.2) is 16.7 Å². The van der Waals surface area contributed by atoms with Crippen LogP contribution in [0.25, 0.3) is 0 Å². The Balaban J connectivity index is 2.90. The molecule has 1 aromatic heterocycles. The zero-order valence-electron chi connectivity index (χ0n) is 8.00. The van der Waals surface area contributed by atoms with E-state index in [1.807, 2.05) is 0 Å². The van der Waals surface area contributed by atoms with Gasteiger partial charge in [-0.25, -0.2) is 13.4 Å². The van der Waals surface area contributed by atoms with Crippen LogP contribution in [0.1, 0.15) is 5.69 Å². The van der Waals surface area contributed by atoms with Gasteiger partial charge >= 0.3 is 0 Å². The molecule has 0 amide bonds. The fraction of sp³-hybridized carbons (Fsp3) is 0.375. The number of anilines is 1. The molecule has 1 rings (SSSR count). The number of sulfonamides is 1. The SMILES string of the molecule is Cc1nc(Br)ccc1NS(=O)(=O)CCCl. The molecule has 1 N–H and O–H groups in total. The van der Waals surface area contributed by atoms with Crippen LogP contribution in [0.3, 0.4) is 0 Å². The molecule has 0 aliphatic heterocycles. The zero-order chi connectivity index (χ0) is 11.5. The van der Waals surface area contributed by atoms with Gasteiger partial charge in [0, 0.05) is 5.88 Å². The van der Waals surface area contributed by atoms with E-state index in [4.69, 9.17) is 11.6 Å². The first-order valence-corrected chi connectivity index (χ1v) is 7.12. The Hall–Kier alpha value is -0.330. The lowest BCUT2D eigenvalue weighted by molar-refractivity contribution is 0.602. The van der Waals surface area contributed by atoms with Gasteiger partial charge in [-0.15, -0.1) is 11.6 Å². The van der Waals surface area contributed by atoms with Crippen molar-refractivity contribution in [1.82, 2.24) is 4.98 Å². The minimum absolute atomic E-state index is 0.0678. The second-order valence-corrected chi connectivity index (χ2v) is 5.91. The van der Waals surface area contributed by atoms with Crippen LogP contribution in [-0.4, -0.2) is 25.0 Å². The maximum atomic E-state index is 11.4. The topological polar surface area (TPSA) is 59.1 Å². The van der Waals surface area contributed by atoms with Crippen molar-refractivity contribution >= 4 is 43.2 Å². The average molecular weight is 314 g/mol. The molecule has 0 saturated heterocycles. The van der Waals surface area contributed by atoms with Crippen molar-refractivity contribution in [1.29, 1.82) is 0 Å². The third-order valence-corrected chi connectivity index (χ3v) is 3.79. The summed E-state index contributed by atoms with van der Waals surface area (Å²) in [6, 6.07) is 3.32. The molecule has 0 aromatic carbocycles. The predicted molar refractivity (Wildman–Crippen MR) is 64.8 cm³/mol. The standard InChI is InChI=1S/C8H10BrClN2O2S/c1-6-7(2-3-8(9)11-6)12-15(13,14)5-4-10/h2-3,12H,4-5H2,1H3. The van der Waals surface area contributed by atoms with Gasteiger partial charge in [0.05, 0.1) is 17.1 Å². The Morgan fingerprint density at radius 1 is 1.53 bits per heavy atom. The van der Waals surface area contributed by atoms with Crippen LogP contribution in [0, 0.1) is 6.92 Å². The number of halogens is 2. The molecule has 0 atom stereocenters. The highest BCUT2D eigenvalue weighted by atomic mass is 79.9. The third-order valence-electron chi connectivity index (χ3n) is 1.66. The second-order valence-electron chi connectivity index (χ2n) is 2.88. The predicted octanol–water partition coefficient (Wildman–Crippen LogP) is 2.13. The Kier molecular flexibility index (Phi) is 4.36. The van der Waals surface area contributed by atoms with Crippen LogP contribution in [-0.2, 0) is 10.0 Å². The summed E-state index contributed by atoms with van der Waals surface area (Å²) in [7, 11) is -3.36. The van der Waals surface area contributed by atoms with Gasteiger partial charge in [-0.05, 0) is 35.0 Å². The number of rotatable bonds is 4. The normalized spacial score (nSPS) is 11.4. The van der Waals surface area contributed by atoms with E-state index in [-0.39, 0.29) is 11.6 Å². The van der Waals surface area contributed by atoms with E-state index in [2.05, 4.69) is 25.6 Å². The molecule has 0 aliphatic carbocycles. The first-order valence-electron chi connectivity index (χ1n) is 4.14. The highest BCUT2D eigenvalue weighted by Crippen LogP contribution is 2.17. The molecule has 4 nitrogen and oxygen atoms in total. The highest BCUT2D eigenvalue weighted by Gasteiger charge is 2.11. The number of nitrogens with zero attached hydrogens (tertiary/aromatic N) is 1. The van der Waals surface area contributed by atoms with Gasteiger partial charge in [-0.3, -0.25) is 4.72 Å². The number of pyridine rings is 1. The number of aromatic nitrogens is 1. The lowest BCUT2D eigenvalue weighted by Gasteiger charge is -2.08. The largest absolute Gasteiger partial charge is 0.282 e. The monoisotopic (exact) mass is 312 g/mol. The number of aryl methyl sites for hydroxylation is 1. The van der Waals surface area contributed by atoms with Gasteiger partial charge in [0.1, 0.15) is 4.60 Å². The van der Waals surface area contributed by atoms with Gasteiger partial charge in [-0.2, -0.15) is 0 Å². The molecule has 0 spiro atoms. The maximum Gasteiger partial charge on any atom is 0.233 e. The number of hydrogen-bond donors (Lipinski definition) is 1. The average Bonchev–Trinajstić information content (AvgIpc) is 2.09. The van der Waals surface area contributed by atoms with E-state index in [0.717, 1.165) is 0 Å². The molecular weight excluding hydrogens is 304 g/mol. The fourth-order valence-corrected chi connectivity index (χ4v) is 2.82. The van der Waals surface area contributed by atoms with Gasteiger partial charge in [0.15, 0.2) is 0 Å². The molecule has 7 heteroatoms. The molecule has 0 radical (unpaired) electrons. The first kappa shape index (κ1) is 12.7. The summed E-state index contributed by atoms with van der Waals surface area (Å²) in [6.07, 6.45) is 0. The van der Waals surface area contributed by atoms with E-state index in [1.54, 1.807) is 19.1 Å². The molecule has 0 unspecified atom stereocenters. The summed E-state index contributed by atoms with van der Waals surface area (Å²) in [5.74, 6) is -0.0393. The van der Waals surface area contributed by atoms with E-state index >= 15 is 0 Å². The number of alkyl halides is 1. The lowest BCUT2D eigenvalue weighted by Crippen LogP contribution is -2.18.